The fraction of sp³-hybridized carbons (Fsp3) is 0.211. The monoisotopic (exact) mass is 371 g/mol. The van der Waals surface area contributed by atoms with Gasteiger partial charge in [0.2, 0.25) is 5.89 Å². The Kier molecular flexibility index (Phi) is 6.01. The van der Waals surface area contributed by atoms with Gasteiger partial charge in [0, 0.05) is 11.4 Å². The van der Waals surface area contributed by atoms with Gasteiger partial charge in [0.05, 0.1) is 11.3 Å². The lowest BCUT2D eigenvalue weighted by Gasteiger charge is -2.09. The minimum atomic E-state index is -0.257. The van der Waals surface area contributed by atoms with E-state index in [1.807, 2.05) is 18.2 Å². The lowest BCUT2D eigenvalue weighted by molar-refractivity contribution is 0.0951. The molecule has 3 aromatic rings. The summed E-state index contributed by atoms with van der Waals surface area (Å²) in [4.78, 5) is 17.5. The summed E-state index contributed by atoms with van der Waals surface area (Å²) in [7, 11) is 0. The van der Waals surface area contributed by atoms with Crippen LogP contribution in [0.2, 0.25) is 0 Å². The number of carbonyl (C=O) groups is 1. The lowest BCUT2D eigenvalue weighted by Crippen LogP contribution is -2.26. The van der Waals surface area contributed by atoms with Crippen LogP contribution in [-0.2, 0) is 12.2 Å². The third-order valence-corrected chi connectivity index (χ3v) is 4.75. The highest BCUT2D eigenvalue weighted by Crippen LogP contribution is 2.25. The van der Waals surface area contributed by atoms with E-state index in [9.17, 15) is 9.18 Å². The number of aryl methyl sites for hydroxylation is 1. The molecule has 3 rings (SSSR count). The van der Waals surface area contributed by atoms with E-state index in [1.54, 1.807) is 31.2 Å². The fourth-order valence-electron chi connectivity index (χ4n) is 2.43. The summed E-state index contributed by atoms with van der Waals surface area (Å²) in [6, 6.07) is 13.9. The zero-order valence-corrected chi connectivity index (χ0v) is 15.1. The Morgan fingerprint density at radius 2 is 1.96 bits per heavy atom. The first-order valence-corrected chi connectivity index (χ1v) is 9.14. The van der Waals surface area contributed by atoms with Crippen LogP contribution in [0.4, 0.5) is 4.39 Å². The van der Waals surface area contributed by atoms with Crippen LogP contribution in [0.3, 0.4) is 0 Å². The van der Waals surface area contributed by atoms with E-state index in [0.29, 0.717) is 41.6 Å². The van der Waals surface area contributed by atoms with Crippen molar-refractivity contribution in [2.75, 3.05) is 6.54 Å². The quantitative estimate of drug-likeness (QED) is 0.640. The molecular formula is C19H18FN3O2S. The van der Waals surface area contributed by atoms with Gasteiger partial charge >= 0.3 is 0 Å². The molecule has 0 aliphatic rings. The van der Waals surface area contributed by atoms with Crippen LogP contribution in [0.5, 0.6) is 0 Å². The zero-order chi connectivity index (χ0) is 18.4. The van der Waals surface area contributed by atoms with Crippen molar-refractivity contribution >= 4 is 17.7 Å². The molecule has 0 fully saturated rings. The Balaban J connectivity index is 1.59. The van der Waals surface area contributed by atoms with E-state index in [-0.39, 0.29) is 11.7 Å². The first-order chi connectivity index (χ1) is 12.6. The predicted molar refractivity (Wildman–Crippen MR) is 97.5 cm³/mol. The van der Waals surface area contributed by atoms with Crippen molar-refractivity contribution < 1.29 is 13.7 Å². The first-order valence-electron chi connectivity index (χ1n) is 8.16. The molecule has 1 aromatic heterocycles. The van der Waals surface area contributed by atoms with Gasteiger partial charge in [0.15, 0.2) is 5.82 Å². The second-order valence-electron chi connectivity index (χ2n) is 5.62. The van der Waals surface area contributed by atoms with Gasteiger partial charge in [-0.05, 0) is 37.1 Å². The van der Waals surface area contributed by atoms with E-state index in [1.165, 1.54) is 17.8 Å². The maximum Gasteiger partial charge on any atom is 0.252 e. The summed E-state index contributed by atoms with van der Waals surface area (Å²) in [6.45, 7) is 2.12. The van der Waals surface area contributed by atoms with E-state index < -0.39 is 0 Å². The van der Waals surface area contributed by atoms with E-state index in [0.717, 1.165) is 4.90 Å². The maximum absolute atomic E-state index is 13.6. The number of hydrogen-bond donors (Lipinski definition) is 1. The number of halogens is 1. The van der Waals surface area contributed by atoms with Gasteiger partial charge in [-0.3, -0.25) is 4.79 Å². The molecular weight excluding hydrogens is 353 g/mol. The van der Waals surface area contributed by atoms with Gasteiger partial charge in [-0.1, -0.05) is 35.5 Å². The number of nitrogens with one attached hydrogen (secondary N) is 1. The molecule has 0 radical (unpaired) electrons. The molecule has 0 atom stereocenters. The summed E-state index contributed by atoms with van der Waals surface area (Å²) < 4.78 is 18.7. The molecule has 26 heavy (non-hydrogen) atoms. The third-order valence-electron chi connectivity index (χ3n) is 3.69. The minimum absolute atomic E-state index is 0.189. The van der Waals surface area contributed by atoms with E-state index >= 15 is 0 Å². The number of hydrogen-bond acceptors (Lipinski definition) is 5. The topological polar surface area (TPSA) is 68.0 Å². The smallest absolute Gasteiger partial charge is 0.252 e. The molecule has 1 N–H and O–H groups in total. The Bertz CT molecular complexity index is 898. The number of nitrogens with zero attached hydrogens (tertiary/aromatic N) is 2. The second-order valence-corrected chi connectivity index (χ2v) is 6.63. The van der Waals surface area contributed by atoms with E-state index in [2.05, 4.69) is 15.5 Å². The van der Waals surface area contributed by atoms with Crippen molar-refractivity contribution in [2.45, 2.75) is 24.0 Å². The van der Waals surface area contributed by atoms with Gasteiger partial charge in [-0.15, -0.1) is 11.8 Å². The molecule has 1 amide bonds. The van der Waals surface area contributed by atoms with Crippen LogP contribution in [0, 0.1) is 12.7 Å². The van der Waals surface area contributed by atoms with Crippen molar-refractivity contribution in [1.82, 2.24) is 15.5 Å². The Morgan fingerprint density at radius 1 is 1.19 bits per heavy atom. The summed E-state index contributed by atoms with van der Waals surface area (Å²) in [5.41, 5.74) is 1.16. The maximum atomic E-state index is 13.6. The van der Waals surface area contributed by atoms with Crippen LogP contribution in [-0.4, -0.2) is 22.6 Å². The molecule has 1 heterocycles. The molecule has 0 bridgehead atoms. The number of benzene rings is 2. The van der Waals surface area contributed by atoms with Crippen molar-refractivity contribution in [3.63, 3.8) is 0 Å². The Hall–Kier alpha value is -2.67. The molecule has 134 valence electrons. The van der Waals surface area contributed by atoms with E-state index in [4.69, 9.17) is 4.52 Å². The summed E-state index contributed by atoms with van der Waals surface area (Å²) in [5.74, 6) is 1.14. The standard InChI is InChI=1S/C19H18FN3O2S/c1-13-22-18(25-23-13)12-26-17-9-5-3-7-15(17)19(24)21-11-10-14-6-2-4-8-16(14)20/h2-9H,10-12H2,1H3,(H,21,24). The van der Waals surface area contributed by atoms with Crippen molar-refractivity contribution in [3.05, 3.63) is 77.2 Å². The zero-order valence-electron chi connectivity index (χ0n) is 14.2. The highest BCUT2D eigenvalue weighted by molar-refractivity contribution is 7.98. The normalized spacial score (nSPS) is 10.7. The molecule has 0 unspecified atom stereocenters. The van der Waals surface area contributed by atoms with Crippen LogP contribution < -0.4 is 5.32 Å². The van der Waals surface area contributed by atoms with Gasteiger partial charge < -0.3 is 9.84 Å². The molecule has 5 nitrogen and oxygen atoms in total. The number of amides is 1. The molecule has 0 aliphatic carbocycles. The number of aromatic nitrogens is 2. The summed E-state index contributed by atoms with van der Waals surface area (Å²) >= 11 is 1.46. The third kappa shape index (κ3) is 4.70. The van der Waals surface area contributed by atoms with Crippen LogP contribution in [0.25, 0.3) is 0 Å². The number of rotatable bonds is 7. The van der Waals surface area contributed by atoms with Gasteiger partial charge in [0.1, 0.15) is 5.82 Å². The largest absolute Gasteiger partial charge is 0.352 e. The molecule has 0 aliphatic heterocycles. The minimum Gasteiger partial charge on any atom is -0.352 e. The molecule has 0 spiro atoms. The highest BCUT2D eigenvalue weighted by atomic mass is 32.2. The van der Waals surface area contributed by atoms with Crippen LogP contribution in [0.15, 0.2) is 57.9 Å². The van der Waals surface area contributed by atoms with Crippen LogP contribution in [0.1, 0.15) is 27.6 Å². The summed E-state index contributed by atoms with van der Waals surface area (Å²) in [5, 5.41) is 6.60. The average Bonchev–Trinajstić information content (AvgIpc) is 3.07. The Morgan fingerprint density at radius 3 is 2.73 bits per heavy atom. The van der Waals surface area contributed by atoms with Crippen molar-refractivity contribution in [3.8, 4) is 0 Å². The molecule has 0 saturated heterocycles. The second kappa shape index (κ2) is 8.62. The van der Waals surface area contributed by atoms with Gasteiger partial charge in [0.25, 0.3) is 5.91 Å². The van der Waals surface area contributed by atoms with Gasteiger partial charge in [-0.25, -0.2) is 4.39 Å². The Labute approximate surface area is 155 Å². The number of thioether (sulfide) groups is 1. The van der Waals surface area contributed by atoms with Crippen molar-refractivity contribution in [1.29, 1.82) is 0 Å². The fourth-order valence-corrected chi connectivity index (χ4v) is 3.31. The van der Waals surface area contributed by atoms with Crippen LogP contribution >= 0.6 is 11.8 Å². The molecule has 0 saturated carbocycles. The van der Waals surface area contributed by atoms with Crippen molar-refractivity contribution in [2.24, 2.45) is 0 Å². The lowest BCUT2D eigenvalue weighted by atomic mass is 10.1. The number of carbonyl (C=O) groups excluding carboxylic acids is 1. The SMILES string of the molecule is Cc1noc(CSc2ccccc2C(=O)NCCc2ccccc2F)n1. The average molecular weight is 371 g/mol. The first kappa shape index (κ1) is 18.1. The highest BCUT2D eigenvalue weighted by Gasteiger charge is 2.13. The predicted octanol–water partition coefficient (Wildman–Crippen LogP) is 3.78. The molecule has 2 aromatic carbocycles. The summed E-state index contributed by atoms with van der Waals surface area (Å²) in [6.07, 6.45) is 0.439. The van der Waals surface area contributed by atoms with Gasteiger partial charge in [-0.2, -0.15) is 4.98 Å². The molecule has 7 heteroatoms.